The lowest BCUT2D eigenvalue weighted by atomic mass is 10.3. The summed E-state index contributed by atoms with van der Waals surface area (Å²) in [5.74, 6) is 0.146. The van der Waals surface area contributed by atoms with Gasteiger partial charge in [-0.15, -0.1) is 11.3 Å². The molecule has 1 aromatic carbocycles. The third-order valence-corrected chi connectivity index (χ3v) is 5.30. The van der Waals surface area contributed by atoms with Crippen LogP contribution >= 0.6 is 27.3 Å². The van der Waals surface area contributed by atoms with Crippen LogP contribution in [-0.2, 0) is 11.3 Å². The molecule has 28 heavy (non-hydrogen) atoms. The van der Waals surface area contributed by atoms with Crippen molar-refractivity contribution in [1.29, 1.82) is 0 Å². The summed E-state index contributed by atoms with van der Waals surface area (Å²) in [5, 5.41) is 6.79. The van der Waals surface area contributed by atoms with Gasteiger partial charge in [0.25, 0.3) is 5.91 Å². The summed E-state index contributed by atoms with van der Waals surface area (Å²) >= 11 is 4.66. The Morgan fingerprint density at radius 2 is 2.18 bits per heavy atom. The predicted molar refractivity (Wildman–Crippen MR) is 110 cm³/mol. The van der Waals surface area contributed by atoms with Crippen molar-refractivity contribution in [3.63, 3.8) is 0 Å². The van der Waals surface area contributed by atoms with Gasteiger partial charge in [-0.05, 0) is 40.2 Å². The minimum absolute atomic E-state index is 0.0499. The van der Waals surface area contributed by atoms with Gasteiger partial charge in [0, 0.05) is 18.8 Å². The molecule has 1 N–H and O–H groups in total. The highest BCUT2D eigenvalue weighted by Gasteiger charge is 2.16. The molecule has 0 radical (unpaired) electrons. The average Bonchev–Trinajstić information content (AvgIpc) is 3.33. The lowest BCUT2D eigenvalue weighted by Gasteiger charge is -2.16. The number of halogens is 1. The minimum Gasteiger partial charge on any atom is -0.492 e. The Morgan fingerprint density at radius 1 is 1.32 bits per heavy atom. The Kier molecular flexibility index (Phi) is 6.77. The first-order valence-corrected chi connectivity index (χ1v) is 9.98. The molecule has 0 spiro atoms. The molecule has 3 aromatic rings. The van der Waals surface area contributed by atoms with Crippen LogP contribution in [0.4, 0.5) is 5.69 Å². The summed E-state index contributed by atoms with van der Waals surface area (Å²) < 4.78 is 8.21. The zero-order chi connectivity index (χ0) is 19.9. The Hall–Kier alpha value is -2.72. The molecular weight excluding hydrogens is 446 g/mol. The third kappa shape index (κ3) is 5.64. The van der Waals surface area contributed by atoms with Gasteiger partial charge in [0.15, 0.2) is 0 Å². The number of likely N-dealkylation sites (N-methyl/N-ethyl adjacent to an activating group) is 1. The van der Waals surface area contributed by atoms with Crippen molar-refractivity contribution in [2.75, 3.05) is 25.5 Å². The fourth-order valence-electron chi connectivity index (χ4n) is 2.37. The maximum atomic E-state index is 12.3. The maximum Gasteiger partial charge on any atom is 0.264 e. The van der Waals surface area contributed by atoms with E-state index in [1.165, 1.54) is 22.6 Å². The lowest BCUT2D eigenvalue weighted by Crippen LogP contribution is -2.34. The number of carbonyl (C=O) groups is 2. The fraction of sp³-hybridized carbons (Fsp3) is 0.222. The van der Waals surface area contributed by atoms with Gasteiger partial charge >= 0.3 is 0 Å². The van der Waals surface area contributed by atoms with Gasteiger partial charge in [-0.1, -0.05) is 6.07 Å². The highest BCUT2D eigenvalue weighted by Crippen LogP contribution is 2.23. The number of hydrogen-bond donors (Lipinski definition) is 1. The Morgan fingerprint density at radius 3 is 2.89 bits per heavy atom. The van der Waals surface area contributed by atoms with Crippen LogP contribution < -0.4 is 10.1 Å². The number of rotatable bonds is 8. The number of carbonyl (C=O) groups excluding carboxylic acids is 2. The summed E-state index contributed by atoms with van der Waals surface area (Å²) in [6, 6.07) is 10.6. The standard InChI is InChI=1S/C18H18BrN5O3S/c1-23(18(26)15-5-6-16(19)28-15)10-17(25)22-13-3-2-4-14(9-13)27-8-7-24-12-20-11-21-24/h2-6,9,11-12H,7-8,10H2,1H3,(H,22,25). The van der Waals surface area contributed by atoms with Crippen LogP contribution in [0.5, 0.6) is 5.75 Å². The second-order valence-electron chi connectivity index (χ2n) is 5.85. The number of amides is 2. The van der Waals surface area contributed by atoms with Crippen molar-refractivity contribution in [2.24, 2.45) is 0 Å². The molecule has 2 heterocycles. The number of thiophene rings is 1. The van der Waals surface area contributed by atoms with Gasteiger partial charge < -0.3 is 15.0 Å². The second kappa shape index (κ2) is 9.47. The van der Waals surface area contributed by atoms with E-state index in [1.54, 1.807) is 54.5 Å². The van der Waals surface area contributed by atoms with Gasteiger partial charge in [-0.2, -0.15) is 5.10 Å². The van der Waals surface area contributed by atoms with E-state index in [9.17, 15) is 9.59 Å². The predicted octanol–water partition coefficient (Wildman–Crippen LogP) is 2.89. The summed E-state index contributed by atoms with van der Waals surface area (Å²) in [7, 11) is 1.60. The van der Waals surface area contributed by atoms with Crippen molar-refractivity contribution in [2.45, 2.75) is 6.54 Å². The van der Waals surface area contributed by atoms with Crippen LogP contribution in [0.2, 0.25) is 0 Å². The van der Waals surface area contributed by atoms with Crippen molar-refractivity contribution in [1.82, 2.24) is 19.7 Å². The quantitative estimate of drug-likeness (QED) is 0.554. The third-order valence-electron chi connectivity index (χ3n) is 3.68. The molecule has 8 nitrogen and oxygen atoms in total. The number of hydrogen-bond acceptors (Lipinski definition) is 6. The highest BCUT2D eigenvalue weighted by atomic mass is 79.9. The molecule has 0 saturated carbocycles. The van der Waals surface area contributed by atoms with Crippen LogP contribution in [-0.4, -0.2) is 51.7 Å². The zero-order valence-corrected chi connectivity index (χ0v) is 17.4. The molecule has 0 aliphatic heterocycles. The first-order chi connectivity index (χ1) is 13.5. The smallest absolute Gasteiger partial charge is 0.264 e. The number of nitrogens with zero attached hydrogens (tertiary/aromatic N) is 4. The van der Waals surface area contributed by atoms with E-state index < -0.39 is 0 Å². The Bertz CT molecular complexity index is 944. The molecule has 0 aliphatic carbocycles. The van der Waals surface area contributed by atoms with Gasteiger partial charge in [-0.25, -0.2) is 9.67 Å². The van der Waals surface area contributed by atoms with E-state index in [2.05, 4.69) is 31.3 Å². The number of aromatic nitrogens is 3. The highest BCUT2D eigenvalue weighted by molar-refractivity contribution is 9.11. The van der Waals surface area contributed by atoms with E-state index in [1.807, 2.05) is 0 Å². The molecule has 10 heteroatoms. The van der Waals surface area contributed by atoms with Crippen LogP contribution in [0.3, 0.4) is 0 Å². The molecular formula is C18H18BrN5O3S. The molecule has 2 aromatic heterocycles. The van der Waals surface area contributed by atoms with E-state index in [0.29, 0.717) is 29.5 Å². The summed E-state index contributed by atoms with van der Waals surface area (Å²) in [6.45, 7) is 0.947. The fourth-order valence-corrected chi connectivity index (χ4v) is 3.75. The monoisotopic (exact) mass is 463 g/mol. The van der Waals surface area contributed by atoms with E-state index in [-0.39, 0.29) is 18.4 Å². The first kappa shape index (κ1) is 20.0. The van der Waals surface area contributed by atoms with Crippen molar-refractivity contribution >= 4 is 44.8 Å². The number of ether oxygens (including phenoxy) is 1. The molecule has 0 saturated heterocycles. The van der Waals surface area contributed by atoms with Crippen LogP contribution in [0.1, 0.15) is 9.67 Å². The van der Waals surface area contributed by atoms with Crippen molar-refractivity contribution in [3.05, 3.63) is 57.7 Å². The van der Waals surface area contributed by atoms with Crippen LogP contribution in [0.15, 0.2) is 52.8 Å². The largest absolute Gasteiger partial charge is 0.492 e. The molecule has 2 amide bonds. The maximum absolute atomic E-state index is 12.3. The summed E-state index contributed by atoms with van der Waals surface area (Å²) in [6.07, 6.45) is 3.09. The molecule has 146 valence electrons. The molecule has 0 fully saturated rings. The Balaban J connectivity index is 1.50. The normalized spacial score (nSPS) is 10.5. The van der Waals surface area contributed by atoms with Gasteiger partial charge in [-0.3, -0.25) is 9.59 Å². The Labute approximate surface area is 174 Å². The first-order valence-electron chi connectivity index (χ1n) is 8.37. The second-order valence-corrected chi connectivity index (χ2v) is 8.31. The van der Waals surface area contributed by atoms with E-state index in [0.717, 1.165) is 3.79 Å². The topological polar surface area (TPSA) is 89.3 Å². The molecule has 0 unspecified atom stereocenters. The summed E-state index contributed by atoms with van der Waals surface area (Å²) in [5.41, 5.74) is 0.600. The molecule has 0 atom stereocenters. The molecule has 3 rings (SSSR count). The number of nitrogens with one attached hydrogen (secondary N) is 1. The zero-order valence-electron chi connectivity index (χ0n) is 15.0. The van der Waals surface area contributed by atoms with E-state index >= 15 is 0 Å². The van der Waals surface area contributed by atoms with Gasteiger partial charge in [0.05, 0.1) is 21.8 Å². The minimum atomic E-state index is -0.286. The van der Waals surface area contributed by atoms with Crippen molar-refractivity contribution in [3.8, 4) is 5.75 Å². The van der Waals surface area contributed by atoms with Crippen LogP contribution in [0.25, 0.3) is 0 Å². The summed E-state index contributed by atoms with van der Waals surface area (Å²) in [4.78, 5) is 30.4. The average molecular weight is 464 g/mol. The number of benzene rings is 1. The number of anilines is 1. The lowest BCUT2D eigenvalue weighted by molar-refractivity contribution is -0.116. The molecule has 0 aliphatic rings. The van der Waals surface area contributed by atoms with Gasteiger partial charge in [0.2, 0.25) is 5.91 Å². The van der Waals surface area contributed by atoms with Gasteiger partial charge in [0.1, 0.15) is 25.0 Å². The van der Waals surface area contributed by atoms with Crippen LogP contribution in [0, 0.1) is 0 Å². The van der Waals surface area contributed by atoms with Crippen molar-refractivity contribution < 1.29 is 14.3 Å². The SMILES string of the molecule is CN(CC(=O)Nc1cccc(OCCn2cncn2)c1)C(=O)c1ccc(Br)s1. The molecule has 0 bridgehead atoms. The van der Waals surface area contributed by atoms with E-state index in [4.69, 9.17) is 4.74 Å².